The summed E-state index contributed by atoms with van der Waals surface area (Å²) in [5.74, 6) is 2.01. The van der Waals surface area contributed by atoms with E-state index in [1.54, 1.807) is 38.2 Å². The van der Waals surface area contributed by atoms with Crippen molar-refractivity contribution in [2.24, 2.45) is 0 Å². The third-order valence-corrected chi connectivity index (χ3v) is 5.50. The lowest BCUT2D eigenvalue weighted by atomic mass is 10.3. The van der Waals surface area contributed by atoms with Crippen LogP contribution in [0.2, 0.25) is 5.15 Å². The average molecular weight is 507 g/mol. The van der Waals surface area contributed by atoms with Gasteiger partial charge in [-0.25, -0.2) is 9.97 Å². The second-order valence-corrected chi connectivity index (χ2v) is 8.47. The van der Waals surface area contributed by atoms with Crippen LogP contribution in [-0.4, -0.2) is 55.1 Å². The molecule has 0 N–H and O–H groups in total. The average Bonchev–Trinajstić information content (AvgIpc) is 2.79. The fraction of sp³-hybridized carbons (Fsp3) is 0.238. The van der Waals surface area contributed by atoms with Gasteiger partial charge in [-0.05, 0) is 36.4 Å². The second kappa shape index (κ2) is 12.0. The molecule has 0 aliphatic heterocycles. The van der Waals surface area contributed by atoms with E-state index in [2.05, 4.69) is 9.97 Å². The summed E-state index contributed by atoms with van der Waals surface area (Å²) in [4.78, 5) is 33.1. The van der Waals surface area contributed by atoms with Crippen molar-refractivity contribution in [3.05, 3.63) is 73.9 Å². The van der Waals surface area contributed by atoms with Gasteiger partial charge in [0.15, 0.2) is 5.03 Å². The summed E-state index contributed by atoms with van der Waals surface area (Å²) in [6.45, 7) is 0. The van der Waals surface area contributed by atoms with Crippen LogP contribution < -0.4 is 14.5 Å². The van der Waals surface area contributed by atoms with Gasteiger partial charge in [0.05, 0.1) is 17.0 Å². The van der Waals surface area contributed by atoms with E-state index in [0.29, 0.717) is 16.7 Å². The molecule has 13 heteroatoms. The molecule has 0 saturated carbocycles. The molecule has 0 bridgehead atoms. The summed E-state index contributed by atoms with van der Waals surface area (Å²) in [5, 5.41) is 21.8. The predicted molar refractivity (Wildman–Crippen MR) is 133 cm³/mol. The smallest absolute Gasteiger partial charge is 0.306 e. The molecular weight excluding hydrogens is 484 g/mol. The molecule has 11 nitrogen and oxygen atoms in total. The first-order valence-electron chi connectivity index (χ1n) is 9.66. The van der Waals surface area contributed by atoms with E-state index in [1.165, 1.54) is 23.9 Å². The van der Waals surface area contributed by atoms with Gasteiger partial charge in [0.1, 0.15) is 17.4 Å². The van der Waals surface area contributed by atoms with E-state index in [-0.39, 0.29) is 16.5 Å². The fourth-order valence-electron chi connectivity index (χ4n) is 2.44. The number of pyridine rings is 2. The Balaban J connectivity index is 0.000000270. The molecule has 0 aliphatic rings. The fourth-order valence-corrected chi connectivity index (χ4v) is 3.54. The lowest BCUT2D eigenvalue weighted by Gasteiger charge is -2.12. The summed E-state index contributed by atoms with van der Waals surface area (Å²) in [6.07, 6.45) is 0. The number of aromatic nitrogens is 2. The molecule has 2 aromatic heterocycles. The first-order chi connectivity index (χ1) is 16.0. The molecule has 3 rings (SSSR count). The Labute approximate surface area is 205 Å². The van der Waals surface area contributed by atoms with Crippen molar-refractivity contribution in [2.45, 2.75) is 9.92 Å². The van der Waals surface area contributed by atoms with Crippen molar-refractivity contribution >= 4 is 46.4 Å². The van der Waals surface area contributed by atoms with Crippen molar-refractivity contribution < 1.29 is 14.6 Å². The Morgan fingerprint density at radius 1 is 0.824 bits per heavy atom. The number of ether oxygens (including phenoxy) is 1. The van der Waals surface area contributed by atoms with E-state index in [4.69, 9.17) is 16.3 Å². The molecule has 2 heterocycles. The van der Waals surface area contributed by atoms with Gasteiger partial charge in [-0.1, -0.05) is 23.4 Å². The SMILES string of the molecule is CN(C)c1ccc([N+](=O)[O-])c(Cl)n1.COc1ccc(Sc2nc(N(C)C)ccc2[N+](=O)[O-])cc1. The zero-order valence-electron chi connectivity index (χ0n) is 19.1. The summed E-state index contributed by atoms with van der Waals surface area (Å²) in [7, 11) is 8.84. The van der Waals surface area contributed by atoms with Crippen LogP contribution in [0, 0.1) is 20.2 Å². The summed E-state index contributed by atoms with van der Waals surface area (Å²) >= 11 is 6.85. The molecule has 0 atom stereocenters. The Kier molecular flexibility index (Phi) is 9.39. The molecule has 0 saturated heterocycles. The standard InChI is InChI=1S/C14H15N3O3S.C7H8ClN3O2/c1-16(2)13-9-8-12(17(18)19)14(15-13)21-11-6-4-10(20-3)5-7-11;1-10(2)6-4-3-5(11(12)13)7(8)9-6/h4-9H,1-3H3;3-4H,1-2H3. The number of anilines is 2. The van der Waals surface area contributed by atoms with Crippen LogP contribution in [0.4, 0.5) is 23.0 Å². The molecule has 0 fully saturated rings. The highest BCUT2D eigenvalue weighted by atomic mass is 35.5. The van der Waals surface area contributed by atoms with Crippen molar-refractivity contribution in [1.29, 1.82) is 0 Å². The Morgan fingerprint density at radius 2 is 1.32 bits per heavy atom. The van der Waals surface area contributed by atoms with Crippen molar-refractivity contribution in [3.63, 3.8) is 0 Å². The minimum Gasteiger partial charge on any atom is -0.497 e. The van der Waals surface area contributed by atoms with E-state index < -0.39 is 9.85 Å². The predicted octanol–water partition coefficient (Wildman–Crippen LogP) is 4.92. The highest BCUT2D eigenvalue weighted by Crippen LogP contribution is 2.35. The first kappa shape index (κ1) is 26.6. The second-order valence-electron chi connectivity index (χ2n) is 7.05. The van der Waals surface area contributed by atoms with Crippen LogP contribution in [0.25, 0.3) is 0 Å². The number of rotatable bonds is 7. The number of nitro groups is 2. The monoisotopic (exact) mass is 506 g/mol. The quantitative estimate of drug-likeness (QED) is 0.247. The molecule has 180 valence electrons. The van der Waals surface area contributed by atoms with Gasteiger partial charge in [0.2, 0.25) is 5.15 Å². The molecule has 0 spiro atoms. The number of halogens is 1. The Bertz CT molecular complexity index is 1160. The maximum absolute atomic E-state index is 11.1. The van der Waals surface area contributed by atoms with Gasteiger partial charge >= 0.3 is 11.4 Å². The van der Waals surface area contributed by atoms with Crippen LogP contribution in [-0.2, 0) is 0 Å². The van der Waals surface area contributed by atoms with Gasteiger partial charge in [0, 0.05) is 45.2 Å². The topological polar surface area (TPSA) is 128 Å². The zero-order chi connectivity index (χ0) is 25.4. The van der Waals surface area contributed by atoms with E-state index in [9.17, 15) is 20.2 Å². The van der Waals surface area contributed by atoms with Crippen LogP contribution in [0.5, 0.6) is 5.75 Å². The number of benzene rings is 1. The van der Waals surface area contributed by atoms with Crippen molar-refractivity contribution in [2.75, 3.05) is 45.1 Å². The third kappa shape index (κ3) is 7.18. The lowest BCUT2D eigenvalue weighted by molar-refractivity contribution is -0.388. The van der Waals surface area contributed by atoms with Crippen molar-refractivity contribution in [1.82, 2.24) is 9.97 Å². The van der Waals surface area contributed by atoms with E-state index >= 15 is 0 Å². The first-order valence-corrected chi connectivity index (χ1v) is 10.9. The van der Waals surface area contributed by atoms with Gasteiger partial charge < -0.3 is 14.5 Å². The normalized spacial score (nSPS) is 10.1. The van der Waals surface area contributed by atoms with Gasteiger partial charge in [-0.2, -0.15) is 0 Å². The number of methoxy groups -OCH3 is 1. The van der Waals surface area contributed by atoms with Gasteiger partial charge in [-0.15, -0.1) is 0 Å². The molecule has 0 radical (unpaired) electrons. The molecule has 0 aliphatic carbocycles. The Morgan fingerprint density at radius 3 is 1.76 bits per heavy atom. The van der Waals surface area contributed by atoms with Crippen molar-refractivity contribution in [3.8, 4) is 5.75 Å². The summed E-state index contributed by atoms with van der Waals surface area (Å²) in [6, 6.07) is 13.3. The lowest BCUT2D eigenvalue weighted by Crippen LogP contribution is -2.11. The van der Waals surface area contributed by atoms with Crippen LogP contribution in [0.15, 0.2) is 58.5 Å². The molecule has 34 heavy (non-hydrogen) atoms. The van der Waals surface area contributed by atoms with Gasteiger partial charge in [0.25, 0.3) is 0 Å². The minimum absolute atomic E-state index is 0.00131. The maximum Gasteiger partial charge on any atom is 0.306 e. The number of hydrogen-bond acceptors (Lipinski definition) is 10. The van der Waals surface area contributed by atoms with Crippen LogP contribution >= 0.6 is 23.4 Å². The highest BCUT2D eigenvalue weighted by Gasteiger charge is 2.18. The molecule has 1 aromatic carbocycles. The summed E-state index contributed by atoms with van der Waals surface area (Å²) < 4.78 is 5.09. The number of hydrogen-bond donors (Lipinski definition) is 0. The summed E-state index contributed by atoms with van der Waals surface area (Å²) in [5.41, 5.74) is -0.173. The molecule has 0 amide bonds. The van der Waals surface area contributed by atoms with Crippen LogP contribution in [0.3, 0.4) is 0 Å². The minimum atomic E-state index is -0.561. The maximum atomic E-state index is 11.1. The van der Waals surface area contributed by atoms with Crippen LogP contribution in [0.1, 0.15) is 0 Å². The number of nitrogens with zero attached hydrogens (tertiary/aromatic N) is 6. The third-order valence-electron chi connectivity index (χ3n) is 4.22. The molecule has 0 unspecified atom stereocenters. The molecule has 3 aromatic rings. The van der Waals surface area contributed by atoms with E-state index in [1.807, 2.05) is 43.3 Å². The molecular formula is C21H23ClN6O5S. The van der Waals surface area contributed by atoms with E-state index in [0.717, 1.165) is 10.6 Å². The highest BCUT2D eigenvalue weighted by molar-refractivity contribution is 7.99. The zero-order valence-corrected chi connectivity index (χ0v) is 20.7. The van der Waals surface area contributed by atoms with Gasteiger partial charge in [-0.3, -0.25) is 20.2 Å². The largest absolute Gasteiger partial charge is 0.497 e. The Hall–Kier alpha value is -3.64.